The summed E-state index contributed by atoms with van der Waals surface area (Å²) in [7, 11) is 0. The van der Waals surface area contributed by atoms with E-state index in [-0.39, 0.29) is 6.10 Å². The van der Waals surface area contributed by atoms with E-state index in [9.17, 15) is 0 Å². The first-order valence-electron chi connectivity index (χ1n) is 4.89. The van der Waals surface area contributed by atoms with Crippen LogP contribution in [0.15, 0.2) is 6.20 Å². The second-order valence-electron chi connectivity index (χ2n) is 3.53. The van der Waals surface area contributed by atoms with Gasteiger partial charge in [-0.05, 0) is 26.2 Å². The number of nitrogens with zero attached hydrogens (tertiary/aromatic N) is 1. The molecule has 0 amide bonds. The van der Waals surface area contributed by atoms with E-state index in [4.69, 9.17) is 4.74 Å². The molecule has 1 aliphatic rings. The van der Waals surface area contributed by atoms with Crippen LogP contribution >= 0.6 is 11.3 Å². The topological polar surface area (TPSA) is 22.1 Å². The third kappa shape index (κ3) is 1.92. The van der Waals surface area contributed by atoms with Crippen molar-refractivity contribution in [2.75, 3.05) is 0 Å². The standard InChI is InChI=1S/C10H15NOS/c1-3-8-6-11-10(13-8)9-5-4-7(2)12-9/h6-7,9H,3-5H2,1-2H3. The van der Waals surface area contributed by atoms with Gasteiger partial charge >= 0.3 is 0 Å². The lowest BCUT2D eigenvalue weighted by Gasteiger charge is -2.06. The first-order valence-corrected chi connectivity index (χ1v) is 5.71. The van der Waals surface area contributed by atoms with Crippen LogP contribution in [0.25, 0.3) is 0 Å². The summed E-state index contributed by atoms with van der Waals surface area (Å²) in [6.07, 6.45) is 6.06. The van der Waals surface area contributed by atoms with E-state index in [2.05, 4.69) is 18.8 Å². The quantitative estimate of drug-likeness (QED) is 0.727. The average Bonchev–Trinajstić information content (AvgIpc) is 2.71. The van der Waals surface area contributed by atoms with Crippen molar-refractivity contribution in [1.82, 2.24) is 4.98 Å². The SMILES string of the molecule is CCc1cnc(C2CCC(C)O2)s1. The minimum atomic E-state index is 0.278. The maximum absolute atomic E-state index is 5.75. The third-order valence-corrected chi connectivity index (χ3v) is 3.66. The molecule has 1 aromatic heterocycles. The lowest BCUT2D eigenvalue weighted by molar-refractivity contribution is 0.0554. The van der Waals surface area contributed by atoms with Gasteiger partial charge in [-0.2, -0.15) is 0 Å². The summed E-state index contributed by atoms with van der Waals surface area (Å²) in [4.78, 5) is 5.76. The van der Waals surface area contributed by atoms with Crippen molar-refractivity contribution >= 4 is 11.3 Å². The van der Waals surface area contributed by atoms with E-state index in [1.807, 2.05) is 6.20 Å². The molecule has 1 fully saturated rings. The molecule has 1 saturated heterocycles. The van der Waals surface area contributed by atoms with E-state index in [0.717, 1.165) is 12.8 Å². The molecule has 0 radical (unpaired) electrons. The first kappa shape index (κ1) is 9.16. The van der Waals surface area contributed by atoms with E-state index in [1.165, 1.54) is 16.3 Å². The molecule has 2 rings (SSSR count). The summed E-state index contributed by atoms with van der Waals surface area (Å²) in [5.41, 5.74) is 0. The summed E-state index contributed by atoms with van der Waals surface area (Å²) in [5.74, 6) is 0. The predicted octanol–water partition coefficient (Wildman–Crippen LogP) is 2.95. The maximum atomic E-state index is 5.75. The number of ether oxygens (including phenoxy) is 1. The van der Waals surface area contributed by atoms with Crippen LogP contribution in [0.5, 0.6) is 0 Å². The summed E-state index contributed by atoms with van der Waals surface area (Å²) in [6.45, 7) is 4.30. The highest BCUT2D eigenvalue weighted by atomic mass is 32.1. The minimum absolute atomic E-state index is 0.278. The number of aryl methyl sites for hydroxylation is 1. The van der Waals surface area contributed by atoms with Gasteiger partial charge in [0.1, 0.15) is 11.1 Å². The van der Waals surface area contributed by atoms with Gasteiger partial charge in [-0.25, -0.2) is 4.98 Å². The smallest absolute Gasteiger partial charge is 0.122 e. The number of aromatic nitrogens is 1. The number of rotatable bonds is 2. The summed E-state index contributed by atoms with van der Waals surface area (Å²) < 4.78 is 5.75. The zero-order valence-electron chi connectivity index (χ0n) is 8.12. The van der Waals surface area contributed by atoms with Crippen molar-refractivity contribution in [3.63, 3.8) is 0 Å². The molecule has 1 aliphatic heterocycles. The van der Waals surface area contributed by atoms with Gasteiger partial charge in [0.05, 0.1) is 6.10 Å². The van der Waals surface area contributed by atoms with Crippen LogP contribution < -0.4 is 0 Å². The number of hydrogen-bond acceptors (Lipinski definition) is 3. The van der Waals surface area contributed by atoms with Gasteiger partial charge in [-0.15, -0.1) is 11.3 Å². The summed E-state index contributed by atoms with van der Waals surface area (Å²) >= 11 is 1.80. The van der Waals surface area contributed by atoms with E-state index >= 15 is 0 Å². The third-order valence-electron chi connectivity index (χ3n) is 2.43. The van der Waals surface area contributed by atoms with Crippen molar-refractivity contribution < 1.29 is 4.74 Å². The van der Waals surface area contributed by atoms with Crippen LogP contribution in [0.1, 0.15) is 42.7 Å². The zero-order valence-corrected chi connectivity index (χ0v) is 8.93. The highest BCUT2D eigenvalue weighted by Gasteiger charge is 2.25. The van der Waals surface area contributed by atoms with Crippen molar-refractivity contribution in [2.24, 2.45) is 0 Å². The molecule has 2 heterocycles. The van der Waals surface area contributed by atoms with Crippen molar-refractivity contribution in [3.8, 4) is 0 Å². The number of thiazole rings is 1. The molecule has 0 bridgehead atoms. The van der Waals surface area contributed by atoms with E-state index < -0.39 is 0 Å². The molecule has 2 nitrogen and oxygen atoms in total. The Hall–Kier alpha value is -0.410. The van der Waals surface area contributed by atoms with Crippen LogP contribution in [0.3, 0.4) is 0 Å². The fourth-order valence-corrected chi connectivity index (χ4v) is 2.55. The van der Waals surface area contributed by atoms with Gasteiger partial charge in [0.25, 0.3) is 0 Å². The highest BCUT2D eigenvalue weighted by molar-refractivity contribution is 7.11. The Morgan fingerprint density at radius 2 is 2.46 bits per heavy atom. The molecule has 2 unspecified atom stereocenters. The summed E-state index contributed by atoms with van der Waals surface area (Å²) in [6, 6.07) is 0. The lowest BCUT2D eigenvalue weighted by Crippen LogP contribution is -2.00. The van der Waals surface area contributed by atoms with E-state index in [1.54, 1.807) is 11.3 Å². The lowest BCUT2D eigenvalue weighted by atomic mass is 10.2. The fraction of sp³-hybridized carbons (Fsp3) is 0.700. The maximum Gasteiger partial charge on any atom is 0.122 e. The Balaban J connectivity index is 2.08. The Morgan fingerprint density at radius 3 is 3.00 bits per heavy atom. The van der Waals surface area contributed by atoms with Crippen LogP contribution in [0, 0.1) is 0 Å². The Kier molecular flexibility index (Phi) is 2.65. The molecule has 1 aromatic rings. The van der Waals surface area contributed by atoms with Crippen molar-refractivity contribution in [1.29, 1.82) is 0 Å². The molecule has 0 spiro atoms. The van der Waals surface area contributed by atoms with Crippen LogP contribution in [0.2, 0.25) is 0 Å². The van der Waals surface area contributed by atoms with Crippen LogP contribution in [-0.4, -0.2) is 11.1 Å². The first-order chi connectivity index (χ1) is 6.29. The predicted molar refractivity (Wildman–Crippen MR) is 54.0 cm³/mol. The molecule has 0 saturated carbocycles. The molecular formula is C10H15NOS. The molecule has 0 aliphatic carbocycles. The molecule has 13 heavy (non-hydrogen) atoms. The van der Waals surface area contributed by atoms with Crippen molar-refractivity contribution in [3.05, 3.63) is 16.1 Å². The molecule has 0 aromatic carbocycles. The Bertz CT molecular complexity index is 284. The summed E-state index contributed by atoms with van der Waals surface area (Å²) in [5, 5.41) is 1.17. The molecule has 3 heteroatoms. The van der Waals surface area contributed by atoms with Crippen LogP contribution in [0.4, 0.5) is 0 Å². The van der Waals surface area contributed by atoms with Gasteiger partial charge in [-0.3, -0.25) is 0 Å². The molecule has 0 N–H and O–H groups in total. The van der Waals surface area contributed by atoms with Gasteiger partial charge in [-0.1, -0.05) is 6.92 Å². The molecular weight excluding hydrogens is 182 g/mol. The molecule has 2 atom stereocenters. The monoisotopic (exact) mass is 197 g/mol. The van der Waals surface area contributed by atoms with E-state index in [0.29, 0.717) is 6.10 Å². The van der Waals surface area contributed by atoms with Crippen LogP contribution in [-0.2, 0) is 11.2 Å². The zero-order chi connectivity index (χ0) is 9.26. The average molecular weight is 197 g/mol. The van der Waals surface area contributed by atoms with Gasteiger partial charge in [0, 0.05) is 11.1 Å². The Morgan fingerprint density at radius 1 is 1.62 bits per heavy atom. The van der Waals surface area contributed by atoms with Crippen molar-refractivity contribution in [2.45, 2.75) is 45.3 Å². The number of hydrogen-bond donors (Lipinski definition) is 0. The molecule has 72 valence electrons. The Labute approximate surface area is 83.0 Å². The fourth-order valence-electron chi connectivity index (χ4n) is 1.62. The second kappa shape index (κ2) is 3.76. The second-order valence-corrected chi connectivity index (χ2v) is 4.68. The van der Waals surface area contributed by atoms with Gasteiger partial charge in [0.2, 0.25) is 0 Å². The normalized spacial score (nSPS) is 28.2. The van der Waals surface area contributed by atoms with Gasteiger partial charge < -0.3 is 4.74 Å². The largest absolute Gasteiger partial charge is 0.368 e. The minimum Gasteiger partial charge on any atom is -0.368 e. The van der Waals surface area contributed by atoms with Gasteiger partial charge in [0.15, 0.2) is 0 Å². The highest BCUT2D eigenvalue weighted by Crippen LogP contribution is 2.34.